The van der Waals surface area contributed by atoms with Crippen molar-refractivity contribution in [1.82, 2.24) is 14.1 Å². The molecule has 0 amide bonds. The molecule has 0 saturated carbocycles. The summed E-state index contributed by atoms with van der Waals surface area (Å²) in [7, 11) is 3.54. The largest absolute Gasteiger partial charge is 0.352 e. The van der Waals surface area contributed by atoms with E-state index in [2.05, 4.69) is 11.9 Å². The molecule has 0 bridgehead atoms. The molecule has 0 saturated heterocycles. The standard InChI is InChI=1S/C16H19N3O2/c1-4-5-6-10-11-7-14-15(19(3)16(21)18(14)2)8-12(11)17-13(10)9-20/h7-9,17H,4-6H2,1-3H3. The van der Waals surface area contributed by atoms with Gasteiger partial charge in [0.2, 0.25) is 0 Å². The third kappa shape index (κ3) is 1.92. The maximum absolute atomic E-state index is 12.0. The number of carbonyl (C=O) groups excluding carboxylic acids is 1. The van der Waals surface area contributed by atoms with E-state index in [0.717, 1.165) is 53.0 Å². The summed E-state index contributed by atoms with van der Waals surface area (Å²) < 4.78 is 3.27. The van der Waals surface area contributed by atoms with Gasteiger partial charge in [-0.1, -0.05) is 13.3 Å². The number of aldehydes is 1. The monoisotopic (exact) mass is 285 g/mol. The lowest BCUT2D eigenvalue weighted by molar-refractivity contribution is 0.111. The van der Waals surface area contributed by atoms with E-state index in [1.165, 1.54) is 0 Å². The summed E-state index contributed by atoms with van der Waals surface area (Å²) in [6, 6.07) is 3.97. The molecule has 0 aliphatic rings. The first-order valence-electron chi connectivity index (χ1n) is 7.23. The maximum Gasteiger partial charge on any atom is 0.328 e. The topological polar surface area (TPSA) is 59.8 Å². The second kappa shape index (κ2) is 4.91. The van der Waals surface area contributed by atoms with Crippen molar-refractivity contribution in [3.63, 3.8) is 0 Å². The fourth-order valence-electron chi connectivity index (χ4n) is 2.99. The predicted octanol–water partition coefficient (Wildman–Crippen LogP) is 2.51. The molecule has 0 aliphatic carbocycles. The number of aromatic nitrogens is 3. The van der Waals surface area contributed by atoms with Crippen LogP contribution in [0.15, 0.2) is 16.9 Å². The van der Waals surface area contributed by atoms with Crippen LogP contribution in [0.4, 0.5) is 0 Å². The molecule has 0 radical (unpaired) electrons. The van der Waals surface area contributed by atoms with Crippen molar-refractivity contribution in [2.75, 3.05) is 0 Å². The van der Waals surface area contributed by atoms with Crippen molar-refractivity contribution in [1.29, 1.82) is 0 Å². The number of hydrogen-bond acceptors (Lipinski definition) is 2. The van der Waals surface area contributed by atoms with Crippen LogP contribution in [0.3, 0.4) is 0 Å². The molecule has 0 fully saturated rings. The molecule has 0 spiro atoms. The predicted molar refractivity (Wildman–Crippen MR) is 84.0 cm³/mol. The van der Waals surface area contributed by atoms with Crippen molar-refractivity contribution >= 4 is 28.2 Å². The van der Waals surface area contributed by atoms with E-state index in [-0.39, 0.29) is 5.69 Å². The highest BCUT2D eigenvalue weighted by Crippen LogP contribution is 2.27. The molecule has 0 unspecified atom stereocenters. The summed E-state index contributed by atoms with van der Waals surface area (Å²) in [4.78, 5) is 26.5. The highest BCUT2D eigenvalue weighted by Gasteiger charge is 2.15. The van der Waals surface area contributed by atoms with Crippen molar-refractivity contribution in [2.45, 2.75) is 26.2 Å². The molecule has 1 N–H and O–H groups in total. The summed E-state index contributed by atoms with van der Waals surface area (Å²) in [6.07, 6.45) is 3.88. The van der Waals surface area contributed by atoms with Gasteiger partial charge in [-0.05, 0) is 30.5 Å². The highest BCUT2D eigenvalue weighted by atomic mass is 16.1. The molecular weight excluding hydrogens is 266 g/mol. The minimum Gasteiger partial charge on any atom is -0.352 e. The van der Waals surface area contributed by atoms with Crippen LogP contribution in [-0.2, 0) is 20.5 Å². The Morgan fingerprint density at radius 3 is 2.48 bits per heavy atom. The summed E-state index contributed by atoms with van der Waals surface area (Å²) in [6.45, 7) is 2.13. The Bertz CT molecular complexity index is 896. The molecule has 3 rings (SSSR count). The Hall–Kier alpha value is -2.30. The van der Waals surface area contributed by atoms with Crippen LogP contribution >= 0.6 is 0 Å². The van der Waals surface area contributed by atoms with Gasteiger partial charge in [-0.25, -0.2) is 4.79 Å². The van der Waals surface area contributed by atoms with E-state index < -0.39 is 0 Å². The molecule has 2 aromatic heterocycles. The highest BCUT2D eigenvalue weighted by molar-refractivity contribution is 5.99. The zero-order valence-corrected chi connectivity index (χ0v) is 12.6. The normalized spacial score (nSPS) is 11.6. The average Bonchev–Trinajstić information content (AvgIpc) is 2.94. The van der Waals surface area contributed by atoms with Crippen LogP contribution in [0, 0.1) is 0 Å². The molecule has 0 aliphatic heterocycles. The molecule has 21 heavy (non-hydrogen) atoms. The number of rotatable bonds is 4. The first-order chi connectivity index (χ1) is 10.1. The van der Waals surface area contributed by atoms with Gasteiger partial charge < -0.3 is 4.98 Å². The minimum absolute atomic E-state index is 0.0385. The molecule has 5 nitrogen and oxygen atoms in total. The van der Waals surface area contributed by atoms with Gasteiger partial charge in [-0.15, -0.1) is 0 Å². The first-order valence-corrected chi connectivity index (χ1v) is 7.23. The maximum atomic E-state index is 12.0. The van der Waals surface area contributed by atoms with Gasteiger partial charge in [0.15, 0.2) is 6.29 Å². The van der Waals surface area contributed by atoms with E-state index >= 15 is 0 Å². The quantitative estimate of drug-likeness (QED) is 0.749. The van der Waals surface area contributed by atoms with Crippen LogP contribution in [0.25, 0.3) is 21.9 Å². The van der Waals surface area contributed by atoms with Crippen molar-refractivity contribution < 1.29 is 4.79 Å². The molecule has 110 valence electrons. The number of nitrogens with one attached hydrogen (secondary N) is 1. The molecular formula is C16H19N3O2. The first kappa shape index (κ1) is 13.7. The van der Waals surface area contributed by atoms with Crippen molar-refractivity contribution in [3.8, 4) is 0 Å². The Morgan fingerprint density at radius 2 is 1.86 bits per heavy atom. The number of unbranched alkanes of at least 4 members (excludes halogenated alkanes) is 1. The number of aromatic amines is 1. The number of carbonyl (C=O) groups is 1. The lowest BCUT2D eigenvalue weighted by Crippen LogP contribution is -2.19. The summed E-state index contributed by atoms with van der Waals surface area (Å²) in [5.74, 6) is 0. The molecule has 2 heterocycles. The van der Waals surface area contributed by atoms with E-state index in [0.29, 0.717) is 5.69 Å². The average molecular weight is 285 g/mol. The van der Waals surface area contributed by atoms with Crippen LogP contribution in [0.2, 0.25) is 0 Å². The second-order valence-electron chi connectivity index (χ2n) is 5.53. The molecule has 0 atom stereocenters. The number of fused-ring (bicyclic) bond motifs is 2. The fourth-order valence-corrected chi connectivity index (χ4v) is 2.99. The minimum atomic E-state index is -0.0385. The number of aryl methyl sites for hydroxylation is 3. The Labute approximate surface area is 122 Å². The Balaban J connectivity index is 2.36. The van der Waals surface area contributed by atoms with E-state index in [4.69, 9.17) is 0 Å². The van der Waals surface area contributed by atoms with E-state index in [1.807, 2.05) is 12.1 Å². The number of benzene rings is 1. The van der Waals surface area contributed by atoms with Gasteiger partial charge in [-0.3, -0.25) is 13.9 Å². The second-order valence-corrected chi connectivity index (χ2v) is 5.53. The third-order valence-corrected chi connectivity index (χ3v) is 4.23. The van der Waals surface area contributed by atoms with Gasteiger partial charge in [0.1, 0.15) is 0 Å². The molecule has 1 aromatic carbocycles. The van der Waals surface area contributed by atoms with Gasteiger partial charge in [0.05, 0.1) is 16.7 Å². The number of imidazole rings is 1. The number of H-pyrrole nitrogens is 1. The fraction of sp³-hybridized carbons (Fsp3) is 0.375. The summed E-state index contributed by atoms with van der Waals surface area (Å²) >= 11 is 0. The zero-order chi connectivity index (χ0) is 15.1. The molecule has 5 heteroatoms. The van der Waals surface area contributed by atoms with Crippen molar-refractivity contribution in [2.24, 2.45) is 14.1 Å². The SMILES string of the molecule is CCCCc1c(C=O)[nH]c2cc3c(cc12)n(C)c(=O)n3C. The zero-order valence-electron chi connectivity index (χ0n) is 12.6. The van der Waals surface area contributed by atoms with Crippen LogP contribution < -0.4 is 5.69 Å². The van der Waals surface area contributed by atoms with Crippen LogP contribution in [0.5, 0.6) is 0 Å². The van der Waals surface area contributed by atoms with Crippen LogP contribution in [0.1, 0.15) is 35.8 Å². The van der Waals surface area contributed by atoms with Crippen molar-refractivity contribution in [3.05, 3.63) is 33.9 Å². The van der Waals surface area contributed by atoms with Crippen LogP contribution in [-0.4, -0.2) is 20.4 Å². The van der Waals surface area contributed by atoms with Gasteiger partial charge >= 0.3 is 5.69 Å². The lowest BCUT2D eigenvalue weighted by atomic mass is 10.0. The lowest BCUT2D eigenvalue weighted by Gasteiger charge is -2.00. The van der Waals surface area contributed by atoms with Gasteiger partial charge in [-0.2, -0.15) is 0 Å². The summed E-state index contributed by atoms with van der Waals surface area (Å²) in [5, 5.41) is 1.04. The van der Waals surface area contributed by atoms with E-state index in [1.54, 1.807) is 23.2 Å². The Kier molecular flexibility index (Phi) is 3.20. The third-order valence-electron chi connectivity index (χ3n) is 4.23. The number of hydrogen-bond donors (Lipinski definition) is 1. The van der Waals surface area contributed by atoms with E-state index in [9.17, 15) is 9.59 Å². The smallest absolute Gasteiger partial charge is 0.328 e. The summed E-state index contributed by atoms with van der Waals surface area (Å²) in [5.41, 5.74) is 4.35. The molecule has 3 aromatic rings. The Morgan fingerprint density at radius 1 is 1.19 bits per heavy atom. The van der Waals surface area contributed by atoms with Gasteiger partial charge in [0.25, 0.3) is 0 Å². The number of nitrogens with zero attached hydrogens (tertiary/aromatic N) is 2. The van der Waals surface area contributed by atoms with Gasteiger partial charge in [0, 0.05) is 25.0 Å².